The van der Waals surface area contributed by atoms with Crippen molar-refractivity contribution < 1.29 is 22.7 Å². The lowest BCUT2D eigenvalue weighted by Gasteiger charge is -2.37. The summed E-state index contributed by atoms with van der Waals surface area (Å²) in [5.74, 6) is 0. The summed E-state index contributed by atoms with van der Waals surface area (Å²) in [6.45, 7) is 6.52. The Labute approximate surface area is 133 Å². The second-order valence-corrected chi connectivity index (χ2v) is 6.32. The van der Waals surface area contributed by atoms with Crippen LogP contribution in [0.5, 0.6) is 0 Å². The van der Waals surface area contributed by atoms with Gasteiger partial charge in [0.05, 0.1) is 5.69 Å². The van der Waals surface area contributed by atoms with Gasteiger partial charge >= 0.3 is 12.3 Å². The molecular weight excluding hydrogens is 311 g/mol. The highest BCUT2D eigenvalue weighted by atomic mass is 19.4. The van der Waals surface area contributed by atoms with Gasteiger partial charge in [-0.3, -0.25) is 0 Å². The molecule has 1 amide bonds. The fourth-order valence-corrected chi connectivity index (χ4v) is 2.33. The number of pyridine rings is 1. The lowest BCUT2D eigenvalue weighted by Crippen LogP contribution is -2.50. The molecule has 0 bridgehead atoms. The van der Waals surface area contributed by atoms with Crippen molar-refractivity contribution in [2.24, 2.45) is 0 Å². The first-order valence-electron chi connectivity index (χ1n) is 7.33. The van der Waals surface area contributed by atoms with E-state index in [1.54, 1.807) is 25.7 Å². The number of ether oxygens (including phenoxy) is 1. The van der Waals surface area contributed by atoms with E-state index in [0.717, 1.165) is 6.20 Å². The van der Waals surface area contributed by atoms with E-state index in [1.807, 2.05) is 0 Å². The Bertz CT molecular complexity index is 562. The van der Waals surface area contributed by atoms with Gasteiger partial charge in [-0.2, -0.15) is 13.2 Å². The van der Waals surface area contributed by atoms with Gasteiger partial charge in [0.2, 0.25) is 0 Å². The average Bonchev–Trinajstić information content (AvgIpc) is 2.45. The first kappa shape index (κ1) is 17.4. The number of piperazine rings is 1. The van der Waals surface area contributed by atoms with Gasteiger partial charge in [-0.05, 0) is 32.9 Å². The fraction of sp³-hybridized carbons (Fsp3) is 0.600. The van der Waals surface area contributed by atoms with Crippen LogP contribution >= 0.6 is 0 Å². The van der Waals surface area contributed by atoms with E-state index in [9.17, 15) is 18.0 Å². The molecule has 23 heavy (non-hydrogen) atoms. The number of hydrogen-bond acceptors (Lipinski definition) is 4. The van der Waals surface area contributed by atoms with Crippen LogP contribution in [0, 0.1) is 0 Å². The first-order valence-corrected chi connectivity index (χ1v) is 7.33. The molecule has 128 valence electrons. The smallest absolute Gasteiger partial charge is 0.435 e. The van der Waals surface area contributed by atoms with Gasteiger partial charge in [-0.1, -0.05) is 0 Å². The molecule has 0 radical (unpaired) electrons. The molecule has 1 fully saturated rings. The number of anilines is 1. The Hall–Kier alpha value is -1.99. The van der Waals surface area contributed by atoms with Gasteiger partial charge in [0.1, 0.15) is 5.60 Å². The number of alkyl halides is 3. The van der Waals surface area contributed by atoms with Crippen LogP contribution in [0.25, 0.3) is 0 Å². The predicted molar refractivity (Wildman–Crippen MR) is 79.3 cm³/mol. The van der Waals surface area contributed by atoms with Crippen molar-refractivity contribution in [1.82, 2.24) is 9.88 Å². The van der Waals surface area contributed by atoms with Gasteiger partial charge in [-0.25, -0.2) is 9.78 Å². The van der Waals surface area contributed by atoms with Crippen LogP contribution in [-0.2, 0) is 10.9 Å². The normalized spacial score (nSPS) is 16.4. The van der Waals surface area contributed by atoms with Crippen LogP contribution in [0.15, 0.2) is 18.3 Å². The number of nitrogens with zero attached hydrogens (tertiary/aromatic N) is 3. The van der Waals surface area contributed by atoms with E-state index in [-0.39, 0.29) is 5.69 Å². The number of halogens is 3. The van der Waals surface area contributed by atoms with Crippen molar-refractivity contribution in [3.8, 4) is 0 Å². The van der Waals surface area contributed by atoms with Gasteiger partial charge in [0, 0.05) is 32.4 Å². The monoisotopic (exact) mass is 331 g/mol. The molecule has 2 heterocycles. The molecular formula is C15H20F3N3O2. The maximum Gasteiger partial charge on any atom is 0.435 e. The van der Waals surface area contributed by atoms with Crippen molar-refractivity contribution >= 4 is 11.8 Å². The largest absolute Gasteiger partial charge is 0.444 e. The highest BCUT2D eigenvalue weighted by Gasteiger charge is 2.37. The molecule has 0 N–H and O–H groups in total. The minimum absolute atomic E-state index is 0.0452. The van der Waals surface area contributed by atoms with Gasteiger partial charge in [0.25, 0.3) is 0 Å². The Morgan fingerprint density at radius 1 is 1.17 bits per heavy atom. The van der Waals surface area contributed by atoms with Crippen molar-refractivity contribution in [1.29, 1.82) is 0 Å². The minimum atomic E-state index is -4.50. The molecule has 0 aromatic carbocycles. The Morgan fingerprint density at radius 3 is 2.30 bits per heavy atom. The third-order valence-electron chi connectivity index (χ3n) is 3.33. The number of aromatic nitrogens is 1. The van der Waals surface area contributed by atoms with E-state index in [2.05, 4.69) is 4.98 Å². The Morgan fingerprint density at radius 2 is 1.78 bits per heavy atom. The van der Waals surface area contributed by atoms with Crippen LogP contribution < -0.4 is 4.90 Å². The summed E-state index contributed by atoms with van der Waals surface area (Å²) < 4.78 is 44.3. The molecule has 0 atom stereocenters. The second-order valence-electron chi connectivity index (χ2n) is 6.32. The lowest BCUT2D eigenvalue weighted by atomic mass is 10.2. The molecule has 5 nitrogen and oxygen atoms in total. The topological polar surface area (TPSA) is 45.7 Å². The van der Waals surface area contributed by atoms with E-state index < -0.39 is 23.6 Å². The summed E-state index contributed by atoms with van der Waals surface area (Å²) >= 11 is 0. The van der Waals surface area contributed by atoms with E-state index in [0.29, 0.717) is 26.2 Å². The maximum atomic E-state index is 13.0. The summed E-state index contributed by atoms with van der Waals surface area (Å²) in [6, 6.07) is 2.88. The predicted octanol–water partition coefficient (Wildman–Crippen LogP) is 3.16. The zero-order valence-corrected chi connectivity index (χ0v) is 13.4. The minimum Gasteiger partial charge on any atom is -0.444 e. The highest BCUT2D eigenvalue weighted by molar-refractivity contribution is 5.68. The number of hydrogen-bond donors (Lipinski definition) is 0. The standard InChI is InChI=1S/C15H20F3N3O2/c1-14(2,3)23-13(22)21-9-7-20(8-10-21)11-5-4-6-19-12(11)15(16,17)18/h4-6H,7-10H2,1-3H3. The third kappa shape index (κ3) is 4.49. The van der Waals surface area contributed by atoms with Crippen molar-refractivity contribution in [2.45, 2.75) is 32.5 Å². The molecule has 8 heteroatoms. The molecule has 0 aliphatic carbocycles. The number of amides is 1. The van der Waals surface area contributed by atoms with Crippen molar-refractivity contribution in [3.05, 3.63) is 24.0 Å². The highest BCUT2D eigenvalue weighted by Crippen LogP contribution is 2.35. The van der Waals surface area contributed by atoms with Crippen molar-refractivity contribution in [3.63, 3.8) is 0 Å². The summed E-state index contributed by atoms with van der Waals surface area (Å²) in [4.78, 5) is 18.5. The number of rotatable bonds is 1. The molecule has 2 rings (SSSR count). The first-order chi connectivity index (χ1) is 10.6. The fourth-order valence-electron chi connectivity index (χ4n) is 2.33. The molecule has 0 spiro atoms. The Balaban J connectivity index is 2.04. The van der Waals surface area contributed by atoms with E-state index in [1.165, 1.54) is 17.0 Å². The van der Waals surface area contributed by atoms with Crippen LogP contribution in [-0.4, -0.2) is 47.8 Å². The quantitative estimate of drug-likeness (QED) is 0.793. The summed E-state index contributed by atoms with van der Waals surface area (Å²) in [5.41, 5.74) is -1.45. The molecule has 1 aliphatic heterocycles. The van der Waals surface area contributed by atoms with Crippen LogP contribution in [0.3, 0.4) is 0 Å². The van der Waals surface area contributed by atoms with Gasteiger partial charge < -0.3 is 14.5 Å². The summed E-state index contributed by atoms with van der Waals surface area (Å²) in [7, 11) is 0. The van der Waals surface area contributed by atoms with Crippen LogP contribution in [0.2, 0.25) is 0 Å². The SMILES string of the molecule is CC(C)(C)OC(=O)N1CCN(c2cccnc2C(F)(F)F)CC1. The number of carbonyl (C=O) groups excluding carboxylic acids is 1. The molecule has 1 saturated heterocycles. The van der Waals surface area contributed by atoms with Gasteiger partial charge in [-0.15, -0.1) is 0 Å². The molecule has 1 aromatic heterocycles. The summed E-state index contributed by atoms with van der Waals surface area (Å²) in [6.07, 6.45) is -3.82. The van der Waals surface area contributed by atoms with Crippen molar-refractivity contribution in [2.75, 3.05) is 31.1 Å². The van der Waals surface area contributed by atoms with Crippen LogP contribution in [0.1, 0.15) is 26.5 Å². The second kappa shape index (κ2) is 6.25. The maximum absolute atomic E-state index is 13.0. The molecule has 0 saturated carbocycles. The zero-order chi connectivity index (χ0) is 17.3. The Kier molecular flexibility index (Phi) is 4.72. The third-order valence-corrected chi connectivity index (χ3v) is 3.33. The van der Waals surface area contributed by atoms with Gasteiger partial charge in [0.15, 0.2) is 5.69 Å². The molecule has 1 aliphatic rings. The summed E-state index contributed by atoms with van der Waals surface area (Å²) in [5, 5.41) is 0. The average molecular weight is 331 g/mol. The zero-order valence-electron chi connectivity index (χ0n) is 13.4. The van der Waals surface area contributed by atoms with E-state index in [4.69, 9.17) is 4.74 Å². The molecule has 1 aromatic rings. The van der Waals surface area contributed by atoms with E-state index >= 15 is 0 Å². The van der Waals surface area contributed by atoms with Crippen LogP contribution in [0.4, 0.5) is 23.7 Å². The lowest BCUT2D eigenvalue weighted by molar-refractivity contribution is -0.140. The molecule has 0 unspecified atom stereocenters. The number of carbonyl (C=O) groups is 1.